The fourth-order valence-corrected chi connectivity index (χ4v) is 4.61. The Bertz CT molecular complexity index is 1690. The number of nitrogens with zero attached hydrogens (tertiary/aromatic N) is 3. The lowest BCUT2D eigenvalue weighted by Crippen LogP contribution is -2.32. The first-order valence-electron chi connectivity index (χ1n) is 12.4. The molecule has 0 spiro atoms. The Balaban J connectivity index is 1.49. The summed E-state index contributed by atoms with van der Waals surface area (Å²) >= 11 is 6.47. The molecule has 0 unspecified atom stereocenters. The number of benzene rings is 2. The number of nitrogens with one attached hydrogen (secondary N) is 2. The molecule has 10 nitrogen and oxygen atoms in total. The Kier molecular flexibility index (Phi) is 8.52. The van der Waals surface area contributed by atoms with Crippen LogP contribution in [0.3, 0.4) is 0 Å². The van der Waals surface area contributed by atoms with E-state index in [4.69, 9.17) is 20.9 Å². The number of fused-ring (bicyclic) bond motifs is 1. The number of carbonyl (C=O) groups excluding carboxylic acids is 1. The van der Waals surface area contributed by atoms with Crippen LogP contribution in [0.15, 0.2) is 61.1 Å². The van der Waals surface area contributed by atoms with Crippen molar-refractivity contribution in [2.75, 3.05) is 17.6 Å². The van der Waals surface area contributed by atoms with Crippen molar-refractivity contribution in [1.82, 2.24) is 19.9 Å². The van der Waals surface area contributed by atoms with Gasteiger partial charge in [-0.25, -0.2) is 18.7 Å². The first-order chi connectivity index (χ1) is 19.1. The van der Waals surface area contributed by atoms with Gasteiger partial charge in [0.2, 0.25) is 5.91 Å². The normalized spacial score (nSPS) is 12.4. The maximum absolute atomic E-state index is 14.8. The topological polar surface area (TPSA) is 135 Å². The van der Waals surface area contributed by atoms with Gasteiger partial charge in [0, 0.05) is 36.0 Å². The van der Waals surface area contributed by atoms with E-state index in [1.165, 1.54) is 45.3 Å². The van der Waals surface area contributed by atoms with Crippen molar-refractivity contribution in [2.24, 2.45) is 5.41 Å². The number of anilines is 2. The van der Waals surface area contributed by atoms with Gasteiger partial charge >= 0.3 is 0 Å². The van der Waals surface area contributed by atoms with Crippen LogP contribution in [0.4, 0.5) is 20.3 Å². The van der Waals surface area contributed by atoms with Crippen LogP contribution >= 0.6 is 11.6 Å². The van der Waals surface area contributed by atoms with Crippen LogP contribution in [0, 0.1) is 5.41 Å². The molecule has 41 heavy (non-hydrogen) atoms. The second kappa shape index (κ2) is 11.6. The van der Waals surface area contributed by atoms with Gasteiger partial charge in [-0.2, -0.15) is 8.42 Å². The minimum absolute atomic E-state index is 0.0905. The molecular formula is C27H28ClF2N5O5S. The van der Waals surface area contributed by atoms with Gasteiger partial charge in [0.05, 0.1) is 10.5 Å². The molecule has 1 amide bonds. The molecule has 0 aliphatic rings. The van der Waals surface area contributed by atoms with Crippen molar-refractivity contribution in [2.45, 2.75) is 33.2 Å². The highest BCUT2D eigenvalue weighted by atomic mass is 35.5. The molecular weight excluding hydrogens is 580 g/mol. The minimum Gasteiger partial charge on any atom is -0.456 e. The molecule has 0 bridgehead atoms. The molecule has 0 radical (unpaired) electrons. The Morgan fingerprint density at radius 3 is 2.56 bits per heavy atom. The Morgan fingerprint density at radius 2 is 1.88 bits per heavy atom. The number of halogens is 3. The molecule has 2 heterocycles. The quantitative estimate of drug-likeness (QED) is 0.194. The largest absolute Gasteiger partial charge is 0.456 e. The van der Waals surface area contributed by atoms with Crippen molar-refractivity contribution < 1.29 is 31.3 Å². The van der Waals surface area contributed by atoms with E-state index in [0.29, 0.717) is 22.5 Å². The van der Waals surface area contributed by atoms with Crippen LogP contribution in [0.1, 0.15) is 26.3 Å². The highest BCUT2D eigenvalue weighted by molar-refractivity contribution is 7.86. The third-order valence-electron chi connectivity index (χ3n) is 6.10. The van der Waals surface area contributed by atoms with E-state index in [2.05, 4.69) is 20.6 Å². The fourth-order valence-electron chi connectivity index (χ4n) is 3.96. The number of rotatable bonds is 10. The monoisotopic (exact) mass is 607 g/mol. The third-order valence-corrected chi connectivity index (χ3v) is 7.02. The van der Waals surface area contributed by atoms with Crippen molar-refractivity contribution in [3.8, 4) is 11.5 Å². The molecule has 0 atom stereocenters. The number of aromatic nitrogens is 3. The van der Waals surface area contributed by atoms with Gasteiger partial charge in [0.15, 0.2) is 11.6 Å². The summed E-state index contributed by atoms with van der Waals surface area (Å²) in [6, 6.07) is 12.4. The summed E-state index contributed by atoms with van der Waals surface area (Å²) in [5.41, 5.74) is 0.351. The highest BCUT2D eigenvalue weighted by Crippen LogP contribution is 2.45. The lowest BCUT2D eigenvalue weighted by Gasteiger charge is -2.30. The molecule has 3 N–H and O–H groups in total. The maximum atomic E-state index is 14.8. The zero-order valence-corrected chi connectivity index (χ0v) is 23.9. The summed E-state index contributed by atoms with van der Waals surface area (Å²) in [5, 5.41) is 5.83. The summed E-state index contributed by atoms with van der Waals surface area (Å²) in [5.74, 6) is -4.00. The van der Waals surface area contributed by atoms with Crippen LogP contribution < -0.4 is 15.4 Å². The van der Waals surface area contributed by atoms with Crippen LogP contribution in [-0.4, -0.2) is 45.7 Å². The van der Waals surface area contributed by atoms with Crippen molar-refractivity contribution in [1.29, 1.82) is 0 Å². The van der Waals surface area contributed by atoms with Gasteiger partial charge in [-0.15, -0.1) is 0 Å². The van der Waals surface area contributed by atoms with Crippen molar-refractivity contribution in [3.63, 3.8) is 0 Å². The number of carbonyl (C=O) groups is 1. The Labute approximate surface area is 240 Å². The molecule has 218 valence electrons. The SMILES string of the molecule is CC(C)(C)C(F)(F)c1cccc(Oc2ccc(Nc3ncnc4ccn(CCNC(=O)CS(=O)(=O)O)c34)cc2Cl)c1. The fraction of sp³-hybridized carbons (Fsp3) is 0.296. The number of hydrogen-bond donors (Lipinski definition) is 3. The summed E-state index contributed by atoms with van der Waals surface area (Å²) in [6.07, 6.45) is 3.11. The first-order valence-corrected chi connectivity index (χ1v) is 14.4. The van der Waals surface area contributed by atoms with E-state index in [9.17, 15) is 22.0 Å². The van der Waals surface area contributed by atoms with Crippen molar-refractivity contribution in [3.05, 3.63) is 71.6 Å². The molecule has 4 rings (SSSR count). The zero-order chi connectivity index (χ0) is 30.0. The number of hydrogen-bond acceptors (Lipinski definition) is 7. The average molecular weight is 608 g/mol. The zero-order valence-electron chi connectivity index (χ0n) is 22.4. The molecule has 0 aliphatic carbocycles. The maximum Gasteiger partial charge on any atom is 0.278 e. The third kappa shape index (κ3) is 7.29. The van der Waals surface area contributed by atoms with Crippen LogP contribution in [0.2, 0.25) is 5.02 Å². The smallest absolute Gasteiger partial charge is 0.278 e. The summed E-state index contributed by atoms with van der Waals surface area (Å²) in [7, 11) is -4.42. The lowest BCUT2D eigenvalue weighted by molar-refractivity contribution is -0.118. The molecule has 0 aliphatic heterocycles. The van der Waals surface area contributed by atoms with Crippen LogP contribution in [-0.2, 0) is 27.4 Å². The predicted molar refractivity (Wildman–Crippen MR) is 152 cm³/mol. The number of amides is 1. The van der Waals surface area contributed by atoms with E-state index in [0.717, 1.165) is 0 Å². The van der Waals surface area contributed by atoms with Crippen LogP contribution in [0.5, 0.6) is 11.5 Å². The van der Waals surface area contributed by atoms with E-state index < -0.39 is 33.1 Å². The number of ether oxygens (including phenoxy) is 1. The molecule has 0 saturated carbocycles. The van der Waals surface area contributed by atoms with Crippen molar-refractivity contribution >= 4 is 50.2 Å². The lowest BCUT2D eigenvalue weighted by atomic mass is 9.83. The second-order valence-corrected chi connectivity index (χ2v) is 12.1. The van der Waals surface area contributed by atoms with Gasteiger partial charge in [0.25, 0.3) is 16.0 Å². The van der Waals surface area contributed by atoms with E-state index in [-0.39, 0.29) is 35.2 Å². The van der Waals surface area contributed by atoms with Gasteiger partial charge in [-0.1, -0.05) is 44.5 Å². The van der Waals surface area contributed by atoms with Gasteiger partial charge < -0.3 is 19.9 Å². The predicted octanol–water partition coefficient (Wildman–Crippen LogP) is 5.76. The van der Waals surface area contributed by atoms with Gasteiger partial charge in [-0.05, 0) is 36.4 Å². The summed E-state index contributed by atoms with van der Waals surface area (Å²) in [6.45, 7) is 4.77. The van der Waals surface area contributed by atoms with E-state index in [1.54, 1.807) is 41.1 Å². The molecule has 4 aromatic rings. The van der Waals surface area contributed by atoms with Gasteiger partial charge in [-0.3, -0.25) is 9.35 Å². The van der Waals surface area contributed by atoms with E-state index in [1.807, 2.05) is 0 Å². The van der Waals surface area contributed by atoms with E-state index >= 15 is 0 Å². The minimum atomic E-state index is -4.42. The number of alkyl halides is 2. The van der Waals surface area contributed by atoms with Gasteiger partial charge in [0.1, 0.15) is 23.3 Å². The summed E-state index contributed by atoms with van der Waals surface area (Å²) < 4.78 is 67.8. The Hall–Kier alpha value is -3.81. The second-order valence-electron chi connectivity index (χ2n) is 10.3. The molecule has 0 fully saturated rings. The summed E-state index contributed by atoms with van der Waals surface area (Å²) in [4.78, 5) is 20.2. The molecule has 0 saturated heterocycles. The van der Waals surface area contributed by atoms with Crippen LogP contribution in [0.25, 0.3) is 11.0 Å². The highest BCUT2D eigenvalue weighted by Gasteiger charge is 2.44. The molecule has 14 heteroatoms. The Morgan fingerprint density at radius 1 is 1.12 bits per heavy atom. The molecule has 2 aromatic heterocycles. The first kappa shape index (κ1) is 30.2. The standard InChI is InChI=1S/C27H28ClF2N5O5S/c1-26(2,3)27(29,30)17-5-4-6-19(13-17)40-22-8-7-18(14-20(22)28)34-25-24-21(32-16-33-25)9-11-35(24)12-10-31-23(36)15-41(37,38)39/h4-9,11,13-14,16H,10,12,15H2,1-3H3,(H,31,36)(H,32,33,34)(H,37,38,39). The molecule has 2 aromatic carbocycles. The average Bonchev–Trinajstić information content (AvgIpc) is 3.28.